The maximum Gasteiger partial charge on any atom is 0.303 e. The Morgan fingerprint density at radius 3 is 0.921 bits per heavy atom. The summed E-state index contributed by atoms with van der Waals surface area (Å²) in [7, 11) is 0. The maximum absolute atomic E-state index is 13.3. The summed E-state index contributed by atoms with van der Waals surface area (Å²) < 4.78 is 81.3. The molecule has 14 heteroatoms. The number of aliphatic hydroxyl groups is 1. The average molecular weight is 1040 g/mol. The molecule has 0 spiro atoms. The molecule has 1 N–H and O–H groups in total. The van der Waals surface area contributed by atoms with Gasteiger partial charge in [0.05, 0.1) is 58.0 Å². The van der Waals surface area contributed by atoms with Gasteiger partial charge in [-0.25, -0.2) is 0 Å². The smallest absolute Gasteiger partial charge is 0.303 e. The quantitative estimate of drug-likeness (QED) is 0.0608. The number of carbonyl (C=O) groups excluding carboxylic acids is 1. The van der Waals surface area contributed by atoms with Crippen LogP contribution in [0.25, 0.3) is 0 Å². The SMILES string of the molecule is CC(=O)O[C@@H]1[C@H](O[C@H]2[C@H](O[C@@H]3[C@H](OCc4ccccc4)[C@@H](OCc4ccccc4)[C@H](C)O[C@H]3O)O[C@@H](C)[C@H](OCc3ccccc3)[C@H]2OCc2ccccc2)O[C@@H](C)[C@H](OCc2ccccc2)[C@H]1OCc1ccccc1. The van der Waals surface area contributed by atoms with Gasteiger partial charge in [0.2, 0.25) is 0 Å². The van der Waals surface area contributed by atoms with Gasteiger partial charge in [-0.05, 0) is 54.2 Å². The van der Waals surface area contributed by atoms with Gasteiger partial charge in [-0.3, -0.25) is 4.79 Å². The minimum atomic E-state index is -1.51. The first-order valence-corrected chi connectivity index (χ1v) is 26.2. The molecular formula is C62H70O14. The van der Waals surface area contributed by atoms with Gasteiger partial charge in [0.15, 0.2) is 25.0 Å². The number of hydrogen-bond donors (Lipinski definition) is 1. The summed E-state index contributed by atoms with van der Waals surface area (Å²) in [6.07, 6.45) is -14.7. The Labute approximate surface area is 446 Å². The third kappa shape index (κ3) is 14.9. The van der Waals surface area contributed by atoms with Gasteiger partial charge >= 0.3 is 5.97 Å². The van der Waals surface area contributed by atoms with Gasteiger partial charge in [-0.15, -0.1) is 0 Å². The number of benzene rings is 6. The molecule has 76 heavy (non-hydrogen) atoms. The van der Waals surface area contributed by atoms with Crippen LogP contribution in [-0.4, -0.2) is 103 Å². The van der Waals surface area contributed by atoms with Crippen LogP contribution in [0.4, 0.5) is 0 Å². The summed E-state index contributed by atoms with van der Waals surface area (Å²) in [6, 6.07) is 58.7. The van der Waals surface area contributed by atoms with Crippen LogP contribution in [0.2, 0.25) is 0 Å². The van der Waals surface area contributed by atoms with Crippen molar-refractivity contribution in [3.63, 3.8) is 0 Å². The average Bonchev–Trinajstić information content (AvgIpc) is 3.45. The number of esters is 1. The first-order valence-electron chi connectivity index (χ1n) is 26.2. The molecule has 9 rings (SSSR count). The normalized spacial score (nSPS) is 29.6. The summed E-state index contributed by atoms with van der Waals surface area (Å²) >= 11 is 0. The second-order valence-electron chi connectivity index (χ2n) is 19.5. The Hall–Kier alpha value is -5.69. The van der Waals surface area contributed by atoms with Crippen LogP contribution in [-0.2, 0) is 101 Å². The lowest BCUT2D eigenvalue weighted by molar-refractivity contribution is -0.396. The monoisotopic (exact) mass is 1040 g/mol. The summed E-state index contributed by atoms with van der Waals surface area (Å²) in [5.74, 6) is -0.592. The van der Waals surface area contributed by atoms with Gasteiger partial charge in [-0.2, -0.15) is 0 Å². The number of ether oxygens (including phenoxy) is 12. The number of carbonyl (C=O) groups is 1. The standard InChI is InChI=1S/C62H70O14/c1-41-51(65-35-45-23-11-5-12-24-45)54(68-38-48-29-17-8-18-30-48)57(60(64)71-41)75-62-59(56(70-40-50-33-21-10-22-34-50)53(43(3)73-62)67-37-47-27-15-7-16-28-47)76-61-58(74-44(4)63)55(69-39-49-31-19-9-20-32-49)52(42(2)72-61)66-36-46-25-13-6-14-26-46/h5-34,41-43,51-62,64H,35-40H2,1-4H3/t41-,42-,43-,51-,52-,53-,54+,55+,56+,57+,58-,59+,60+,61-,62-/m0/s1. The Balaban J connectivity index is 1.09. The first-order chi connectivity index (χ1) is 37.2. The van der Waals surface area contributed by atoms with Crippen molar-refractivity contribution in [1.29, 1.82) is 0 Å². The second kappa shape index (κ2) is 27.6. The van der Waals surface area contributed by atoms with Crippen molar-refractivity contribution in [3.8, 4) is 0 Å². The molecule has 3 fully saturated rings. The van der Waals surface area contributed by atoms with Gasteiger partial charge in [-0.1, -0.05) is 182 Å². The molecule has 15 atom stereocenters. The molecule has 6 aromatic rings. The molecule has 0 bridgehead atoms. The zero-order chi connectivity index (χ0) is 52.6. The zero-order valence-corrected chi connectivity index (χ0v) is 43.5. The van der Waals surface area contributed by atoms with E-state index in [1.165, 1.54) is 6.92 Å². The largest absolute Gasteiger partial charge is 0.454 e. The molecule has 3 heterocycles. The van der Waals surface area contributed by atoms with Crippen LogP contribution in [0.5, 0.6) is 0 Å². The third-order valence-electron chi connectivity index (χ3n) is 13.8. The van der Waals surface area contributed by atoms with E-state index in [-0.39, 0.29) is 39.6 Å². The molecule has 0 amide bonds. The van der Waals surface area contributed by atoms with Crippen molar-refractivity contribution in [2.24, 2.45) is 0 Å². The van der Waals surface area contributed by atoms with Crippen molar-refractivity contribution in [2.75, 3.05) is 0 Å². The predicted molar refractivity (Wildman–Crippen MR) is 281 cm³/mol. The van der Waals surface area contributed by atoms with Crippen LogP contribution in [0.1, 0.15) is 61.1 Å². The third-order valence-corrected chi connectivity index (χ3v) is 13.8. The highest BCUT2D eigenvalue weighted by atomic mass is 16.8. The van der Waals surface area contributed by atoms with Gasteiger partial charge in [0.1, 0.15) is 48.8 Å². The molecule has 0 aromatic heterocycles. The molecule has 3 aliphatic heterocycles. The Morgan fingerprint density at radius 1 is 0.355 bits per heavy atom. The van der Waals surface area contributed by atoms with E-state index in [1.54, 1.807) is 0 Å². The number of aliphatic hydroxyl groups excluding tert-OH is 1. The minimum Gasteiger partial charge on any atom is -0.454 e. The fourth-order valence-electron chi connectivity index (χ4n) is 9.93. The van der Waals surface area contributed by atoms with Crippen LogP contribution >= 0.6 is 0 Å². The molecule has 14 nitrogen and oxygen atoms in total. The summed E-state index contributed by atoms with van der Waals surface area (Å²) in [5.41, 5.74) is 5.52. The summed E-state index contributed by atoms with van der Waals surface area (Å²) in [6.45, 7) is 8.10. The molecule has 0 unspecified atom stereocenters. The highest BCUT2D eigenvalue weighted by Gasteiger charge is 2.56. The highest BCUT2D eigenvalue weighted by molar-refractivity contribution is 5.66. The van der Waals surface area contributed by atoms with E-state index < -0.39 is 98.1 Å². The summed E-state index contributed by atoms with van der Waals surface area (Å²) in [5, 5.41) is 12.1. The lowest BCUT2D eigenvalue weighted by Gasteiger charge is -2.51. The zero-order valence-electron chi connectivity index (χ0n) is 43.5. The van der Waals surface area contributed by atoms with Gasteiger partial charge in [0.25, 0.3) is 0 Å². The van der Waals surface area contributed by atoms with Crippen LogP contribution in [0.15, 0.2) is 182 Å². The van der Waals surface area contributed by atoms with Crippen LogP contribution < -0.4 is 0 Å². The van der Waals surface area contributed by atoms with Crippen molar-refractivity contribution < 1.29 is 66.7 Å². The predicted octanol–water partition coefficient (Wildman–Crippen LogP) is 9.43. The van der Waals surface area contributed by atoms with Crippen molar-refractivity contribution in [2.45, 2.75) is 159 Å². The Bertz CT molecular complexity index is 2600. The number of rotatable bonds is 23. The topological polar surface area (TPSA) is 148 Å². The molecular weight excluding hydrogens is 969 g/mol. The lowest BCUT2D eigenvalue weighted by atomic mass is 9.96. The molecule has 3 aliphatic rings. The molecule has 6 aromatic carbocycles. The van der Waals surface area contributed by atoms with E-state index >= 15 is 0 Å². The van der Waals surface area contributed by atoms with E-state index in [4.69, 9.17) is 56.8 Å². The van der Waals surface area contributed by atoms with Crippen molar-refractivity contribution in [1.82, 2.24) is 0 Å². The van der Waals surface area contributed by atoms with E-state index in [0.717, 1.165) is 33.4 Å². The van der Waals surface area contributed by atoms with Crippen LogP contribution in [0, 0.1) is 0 Å². The fourth-order valence-corrected chi connectivity index (χ4v) is 9.93. The maximum atomic E-state index is 13.3. The highest BCUT2D eigenvalue weighted by Crippen LogP contribution is 2.38. The second-order valence-corrected chi connectivity index (χ2v) is 19.5. The molecule has 0 aliphatic carbocycles. The minimum absolute atomic E-state index is 0.147. The van der Waals surface area contributed by atoms with E-state index in [9.17, 15) is 9.90 Å². The Kier molecular flexibility index (Phi) is 20.0. The molecule has 3 saturated heterocycles. The molecule has 0 radical (unpaired) electrons. The first kappa shape index (κ1) is 55.1. The molecule has 402 valence electrons. The van der Waals surface area contributed by atoms with E-state index in [2.05, 4.69) is 0 Å². The number of hydrogen-bond acceptors (Lipinski definition) is 14. The Morgan fingerprint density at radius 2 is 0.605 bits per heavy atom. The fraction of sp³-hybridized carbons (Fsp3) is 0.403. The van der Waals surface area contributed by atoms with Crippen molar-refractivity contribution in [3.05, 3.63) is 215 Å². The van der Waals surface area contributed by atoms with Crippen LogP contribution in [0.3, 0.4) is 0 Å². The van der Waals surface area contributed by atoms with E-state index in [1.807, 2.05) is 203 Å². The van der Waals surface area contributed by atoms with Crippen molar-refractivity contribution >= 4 is 5.97 Å². The summed E-state index contributed by atoms with van der Waals surface area (Å²) in [4.78, 5) is 13.3. The molecule has 0 saturated carbocycles. The lowest BCUT2D eigenvalue weighted by Crippen LogP contribution is -2.67. The van der Waals surface area contributed by atoms with Gasteiger partial charge in [0, 0.05) is 6.92 Å². The van der Waals surface area contributed by atoms with Gasteiger partial charge < -0.3 is 61.9 Å². The van der Waals surface area contributed by atoms with E-state index in [0.29, 0.717) is 0 Å².